The highest BCUT2D eigenvalue weighted by molar-refractivity contribution is 5.69. The summed E-state index contributed by atoms with van der Waals surface area (Å²) in [6.07, 6.45) is 4.25. The number of rotatable bonds is 9. The molecule has 1 fully saturated rings. The van der Waals surface area contributed by atoms with Crippen LogP contribution in [0.1, 0.15) is 43.9 Å². The Labute approximate surface area is 136 Å². The first-order chi connectivity index (χ1) is 11.1. The van der Waals surface area contributed by atoms with Gasteiger partial charge in [-0.2, -0.15) is 0 Å². The molecular weight excluding hydrogens is 299 g/mol. The van der Waals surface area contributed by atoms with Crippen LogP contribution in [0, 0.1) is 5.82 Å². The summed E-state index contributed by atoms with van der Waals surface area (Å²) in [5.41, 5.74) is 1.29. The van der Waals surface area contributed by atoms with Gasteiger partial charge >= 0.3 is 5.97 Å². The van der Waals surface area contributed by atoms with Crippen LogP contribution in [0.3, 0.4) is 0 Å². The van der Waals surface area contributed by atoms with Crippen LogP contribution in [0.15, 0.2) is 24.3 Å². The number of hydrogen-bond acceptors (Lipinski definition) is 4. The molecule has 23 heavy (non-hydrogen) atoms. The Morgan fingerprint density at radius 2 is 2.30 bits per heavy atom. The van der Waals surface area contributed by atoms with Crippen molar-refractivity contribution >= 4 is 12.0 Å². The average molecular weight is 322 g/mol. The fourth-order valence-electron chi connectivity index (χ4n) is 2.23. The van der Waals surface area contributed by atoms with Crippen LogP contribution < -0.4 is 0 Å². The van der Waals surface area contributed by atoms with E-state index in [9.17, 15) is 9.18 Å². The summed E-state index contributed by atoms with van der Waals surface area (Å²) in [6.45, 7) is 5.29. The molecule has 0 unspecified atom stereocenters. The molecule has 1 saturated heterocycles. The van der Waals surface area contributed by atoms with Gasteiger partial charge in [-0.15, -0.1) is 0 Å². The Balaban J connectivity index is 1.97. The van der Waals surface area contributed by atoms with E-state index < -0.39 is 0 Å². The van der Waals surface area contributed by atoms with Gasteiger partial charge in [0.05, 0.1) is 25.9 Å². The molecule has 0 spiro atoms. The highest BCUT2D eigenvalue weighted by Crippen LogP contribution is 2.26. The van der Waals surface area contributed by atoms with E-state index in [4.69, 9.17) is 14.2 Å². The molecule has 1 aliphatic heterocycles. The van der Waals surface area contributed by atoms with Crippen molar-refractivity contribution in [3.8, 4) is 0 Å². The van der Waals surface area contributed by atoms with Crippen molar-refractivity contribution in [3.63, 3.8) is 0 Å². The van der Waals surface area contributed by atoms with E-state index in [2.05, 4.69) is 0 Å². The number of allylic oxidation sites excluding steroid dienone is 1. The first-order valence-corrected chi connectivity index (χ1v) is 7.95. The van der Waals surface area contributed by atoms with E-state index in [1.54, 1.807) is 25.1 Å². The van der Waals surface area contributed by atoms with Crippen LogP contribution in [-0.2, 0) is 19.0 Å². The summed E-state index contributed by atoms with van der Waals surface area (Å²) >= 11 is 0. The minimum absolute atomic E-state index is 0.176. The van der Waals surface area contributed by atoms with Gasteiger partial charge in [-0.3, -0.25) is 4.79 Å². The van der Waals surface area contributed by atoms with Gasteiger partial charge in [-0.1, -0.05) is 24.3 Å². The van der Waals surface area contributed by atoms with Crippen LogP contribution in [-0.4, -0.2) is 31.9 Å². The molecular formula is C18H23FO4. The summed E-state index contributed by atoms with van der Waals surface area (Å²) in [4.78, 5) is 11.3. The zero-order valence-corrected chi connectivity index (χ0v) is 13.6. The van der Waals surface area contributed by atoms with Crippen molar-refractivity contribution in [1.82, 2.24) is 0 Å². The van der Waals surface area contributed by atoms with Crippen molar-refractivity contribution in [3.05, 3.63) is 41.2 Å². The van der Waals surface area contributed by atoms with Crippen molar-refractivity contribution in [1.29, 1.82) is 0 Å². The van der Waals surface area contributed by atoms with Crippen molar-refractivity contribution in [2.24, 2.45) is 0 Å². The molecule has 1 aliphatic rings. The van der Waals surface area contributed by atoms with E-state index in [0.717, 1.165) is 12.2 Å². The molecule has 4 nitrogen and oxygen atoms in total. The Bertz CT molecular complexity index is 552. The van der Waals surface area contributed by atoms with E-state index >= 15 is 0 Å². The number of benzene rings is 1. The molecule has 0 N–H and O–H groups in total. The highest BCUT2D eigenvalue weighted by Gasteiger charge is 2.24. The molecule has 0 aliphatic carbocycles. The smallest absolute Gasteiger partial charge is 0.306 e. The first-order valence-electron chi connectivity index (χ1n) is 7.95. The maximum absolute atomic E-state index is 14.1. The number of hydrogen-bond donors (Lipinski definition) is 0. The van der Waals surface area contributed by atoms with Gasteiger partial charge in [0.15, 0.2) is 0 Å². The molecule has 0 saturated carbocycles. The summed E-state index contributed by atoms with van der Waals surface area (Å²) in [5.74, 6) is -0.542. The average Bonchev–Trinajstić information content (AvgIpc) is 3.35. The van der Waals surface area contributed by atoms with Gasteiger partial charge < -0.3 is 14.2 Å². The van der Waals surface area contributed by atoms with Gasteiger partial charge in [-0.25, -0.2) is 4.39 Å². The maximum Gasteiger partial charge on any atom is 0.306 e. The molecule has 0 amide bonds. The van der Waals surface area contributed by atoms with Crippen molar-refractivity contribution in [2.75, 3.05) is 19.8 Å². The second-order valence-corrected chi connectivity index (χ2v) is 5.42. The number of carbonyl (C=O) groups excluding carboxylic acids is 1. The zero-order valence-electron chi connectivity index (χ0n) is 13.6. The molecule has 0 bridgehead atoms. The SMILES string of the molecule is CCOC(=O)CC/C=C/c1c(F)cccc1[C@@H](C)OC[C@H]1CO1. The quantitative estimate of drug-likeness (QED) is 0.514. The Morgan fingerprint density at radius 3 is 3.00 bits per heavy atom. The Morgan fingerprint density at radius 1 is 1.52 bits per heavy atom. The molecule has 0 radical (unpaired) electrons. The number of ether oxygens (including phenoxy) is 3. The lowest BCUT2D eigenvalue weighted by Crippen LogP contribution is -2.08. The molecule has 1 aromatic rings. The summed E-state index contributed by atoms with van der Waals surface area (Å²) in [5, 5.41) is 0. The minimum Gasteiger partial charge on any atom is -0.466 e. The third-order valence-corrected chi connectivity index (χ3v) is 3.56. The van der Waals surface area contributed by atoms with Crippen LogP contribution in [0.4, 0.5) is 4.39 Å². The lowest BCUT2D eigenvalue weighted by Gasteiger charge is -2.16. The standard InChI is InChI=1S/C18H23FO4/c1-3-21-18(20)10-5-4-7-16-15(8-6-9-17(16)19)13(2)22-11-14-12-23-14/h4,6-9,13-14H,3,5,10-12H2,1-2H3/b7-4+/t13-,14+/m1/s1. The normalized spacial score (nSPS) is 18.1. The minimum atomic E-state index is -0.298. The second-order valence-electron chi connectivity index (χ2n) is 5.42. The van der Waals surface area contributed by atoms with E-state index in [-0.39, 0.29) is 24.0 Å². The van der Waals surface area contributed by atoms with Gasteiger partial charge in [0.25, 0.3) is 0 Å². The van der Waals surface area contributed by atoms with E-state index in [1.807, 2.05) is 13.0 Å². The van der Waals surface area contributed by atoms with Crippen LogP contribution in [0.25, 0.3) is 6.08 Å². The van der Waals surface area contributed by atoms with Gasteiger partial charge in [-0.05, 0) is 31.9 Å². The molecule has 5 heteroatoms. The zero-order chi connectivity index (χ0) is 16.7. The number of esters is 1. The number of carbonyl (C=O) groups is 1. The van der Waals surface area contributed by atoms with Gasteiger partial charge in [0.1, 0.15) is 11.9 Å². The third kappa shape index (κ3) is 5.77. The summed E-state index contributed by atoms with van der Waals surface area (Å²) < 4.78 is 29.8. The largest absolute Gasteiger partial charge is 0.466 e. The topological polar surface area (TPSA) is 48.1 Å². The molecule has 2 rings (SSSR count). The van der Waals surface area contributed by atoms with Gasteiger partial charge in [0, 0.05) is 12.0 Å². The Hall–Kier alpha value is -1.72. The predicted molar refractivity (Wildman–Crippen MR) is 85.4 cm³/mol. The summed E-state index contributed by atoms with van der Waals surface area (Å²) in [7, 11) is 0. The monoisotopic (exact) mass is 322 g/mol. The lowest BCUT2D eigenvalue weighted by molar-refractivity contribution is -0.142. The summed E-state index contributed by atoms with van der Waals surface area (Å²) in [6, 6.07) is 4.95. The highest BCUT2D eigenvalue weighted by atomic mass is 19.1. The molecule has 1 aromatic carbocycles. The Kier molecular flexibility index (Phi) is 6.74. The van der Waals surface area contributed by atoms with Crippen LogP contribution in [0.2, 0.25) is 0 Å². The first kappa shape index (κ1) is 17.6. The van der Waals surface area contributed by atoms with Gasteiger partial charge in [0.2, 0.25) is 0 Å². The maximum atomic E-state index is 14.1. The van der Waals surface area contributed by atoms with Crippen molar-refractivity contribution < 1.29 is 23.4 Å². The fraction of sp³-hybridized carbons (Fsp3) is 0.500. The fourth-order valence-corrected chi connectivity index (χ4v) is 2.23. The molecule has 1 heterocycles. The molecule has 2 atom stereocenters. The molecule has 126 valence electrons. The molecule has 0 aromatic heterocycles. The van der Waals surface area contributed by atoms with Crippen molar-refractivity contribution in [2.45, 2.75) is 38.9 Å². The number of epoxide rings is 1. The second kappa shape index (κ2) is 8.79. The van der Waals surface area contributed by atoms with E-state index in [1.165, 1.54) is 6.07 Å². The van der Waals surface area contributed by atoms with Crippen LogP contribution >= 0.6 is 0 Å². The predicted octanol–water partition coefficient (Wildman–Crippen LogP) is 3.66. The number of halogens is 1. The third-order valence-electron chi connectivity index (χ3n) is 3.56. The van der Waals surface area contributed by atoms with E-state index in [0.29, 0.717) is 31.6 Å². The van der Waals surface area contributed by atoms with Crippen LogP contribution in [0.5, 0.6) is 0 Å². The lowest BCUT2D eigenvalue weighted by atomic mass is 10.0.